The highest BCUT2D eigenvalue weighted by Gasteiger charge is 2.29. The number of benzene rings is 1. The third kappa shape index (κ3) is 3.90. The van der Waals surface area contributed by atoms with Crippen molar-refractivity contribution in [1.82, 2.24) is 20.1 Å². The van der Waals surface area contributed by atoms with E-state index < -0.39 is 0 Å². The predicted octanol–water partition coefficient (Wildman–Crippen LogP) is 2.86. The van der Waals surface area contributed by atoms with Crippen molar-refractivity contribution in [2.75, 3.05) is 0 Å². The molecule has 1 atom stereocenters. The third-order valence-corrected chi connectivity index (χ3v) is 4.84. The summed E-state index contributed by atoms with van der Waals surface area (Å²) in [4.78, 5) is 12.2. The van der Waals surface area contributed by atoms with Gasteiger partial charge in [-0.05, 0) is 44.4 Å². The van der Waals surface area contributed by atoms with Gasteiger partial charge in [-0.25, -0.2) is 4.39 Å². The van der Waals surface area contributed by atoms with E-state index in [2.05, 4.69) is 20.1 Å². The van der Waals surface area contributed by atoms with E-state index in [-0.39, 0.29) is 17.0 Å². The van der Waals surface area contributed by atoms with E-state index in [1.165, 1.54) is 23.9 Å². The molecule has 0 aliphatic heterocycles. The number of thioether (sulfide) groups is 1. The number of rotatable bonds is 6. The number of hydrogen-bond donors (Lipinski definition) is 1. The largest absolute Gasteiger partial charge is 0.351 e. The summed E-state index contributed by atoms with van der Waals surface area (Å²) in [5.74, 6) is 0.551. The molecule has 1 aromatic carbocycles. The van der Waals surface area contributed by atoms with Gasteiger partial charge in [0, 0.05) is 12.6 Å². The average molecular weight is 334 g/mol. The summed E-state index contributed by atoms with van der Waals surface area (Å²) < 4.78 is 15.0. The first-order chi connectivity index (χ1) is 11.0. The van der Waals surface area contributed by atoms with Gasteiger partial charge in [-0.2, -0.15) is 0 Å². The molecule has 0 radical (unpaired) electrons. The van der Waals surface area contributed by atoms with Gasteiger partial charge < -0.3 is 9.88 Å². The lowest BCUT2D eigenvalue weighted by atomic mass is 10.2. The predicted molar refractivity (Wildman–Crippen MR) is 86.6 cm³/mol. The van der Waals surface area contributed by atoms with E-state index in [4.69, 9.17) is 0 Å². The van der Waals surface area contributed by atoms with Gasteiger partial charge in [0.2, 0.25) is 5.91 Å². The Kier molecular flexibility index (Phi) is 4.66. The topological polar surface area (TPSA) is 59.8 Å². The molecule has 1 amide bonds. The van der Waals surface area contributed by atoms with Crippen molar-refractivity contribution in [2.45, 2.75) is 49.7 Å². The summed E-state index contributed by atoms with van der Waals surface area (Å²) in [7, 11) is 0. The lowest BCUT2D eigenvalue weighted by molar-refractivity contribution is -0.120. The Morgan fingerprint density at radius 3 is 2.74 bits per heavy atom. The number of hydrogen-bond acceptors (Lipinski definition) is 4. The van der Waals surface area contributed by atoms with Crippen LogP contribution in [-0.4, -0.2) is 25.9 Å². The number of nitrogens with one attached hydrogen (secondary N) is 1. The van der Waals surface area contributed by atoms with Crippen LogP contribution in [0.15, 0.2) is 29.4 Å². The summed E-state index contributed by atoms with van der Waals surface area (Å²) in [6, 6.07) is 6.60. The molecule has 1 aliphatic rings. The molecule has 0 spiro atoms. The van der Waals surface area contributed by atoms with E-state index in [1.54, 1.807) is 12.1 Å². The van der Waals surface area contributed by atoms with Crippen molar-refractivity contribution >= 4 is 17.7 Å². The molecule has 2 aromatic rings. The van der Waals surface area contributed by atoms with Crippen LogP contribution < -0.4 is 5.32 Å². The number of aryl methyl sites for hydroxylation is 1. The van der Waals surface area contributed by atoms with Crippen LogP contribution in [-0.2, 0) is 11.3 Å². The minimum atomic E-state index is -0.279. The quantitative estimate of drug-likeness (QED) is 0.825. The Bertz CT molecular complexity index is 697. The molecule has 7 heteroatoms. The van der Waals surface area contributed by atoms with Crippen molar-refractivity contribution in [3.05, 3.63) is 41.5 Å². The normalized spacial score (nSPS) is 15.4. The van der Waals surface area contributed by atoms with Gasteiger partial charge in [0.15, 0.2) is 5.16 Å². The molecule has 1 N–H and O–H groups in total. The second kappa shape index (κ2) is 6.70. The zero-order chi connectivity index (χ0) is 16.4. The number of carbonyl (C=O) groups is 1. The second-order valence-corrected chi connectivity index (χ2v) is 7.04. The third-order valence-electron chi connectivity index (χ3n) is 3.78. The zero-order valence-corrected chi connectivity index (χ0v) is 13.9. The molecule has 23 heavy (non-hydrogen) atoms. The molecular weight excluding hydrogens is 315 g/mol. The minimum absolute atomic E-state index is 0.0673. The minimum Gasteiger partial charge on any atom is -0.351 e. The monoisotopic (exact) mass is 334 g/mol. The highest BCUT2D eigenvalue weighted by atomic mass is 32.2. The van der Waals surface area contributed by atoms with E-state index >= 15 is 0 Å². The molecule has 0 bridgehead atoms. The van der Waals surface area contributed by atoms with Crippen LogP contribution in [0.2, 0.25) is 0 Å². The van der Waals surface area contributed by atoms with E-state index in [0.717, 1.165) is 29.4 Å². The Balaban J connectivity index is 1.56. The molecule has 1 heterocycles. The van der Waals surface area contributed by atoms with E-state index in [1.807, 2.05) is 13.8 Å². The van der Waals surface area contributed by atoms with Gasteiger partial charge in [0.25, 0.3) is 0 Å². The average Bonchev–Trinajstić information content (AvgIpc) is 3.30. The maximum atomic E-state index is 12.9. The van der Waals surface area contributed by atoms with Crippen LogP contribution in [0, 0.1) is 12.7 Å². The van der Waals surface area contributed by atoms with E-state index in [9.17, 15) is 9.18 Å². The smallest absolute Gasteiger partial charge is 0.233 e. The number of amides is 1. The van der Waals surface area contributed by atoms with Crippen LogP contribution in [0.3, 0.4) is 0 Å². The zero-order valence-electron chi connectivity index (χ0n) is 13.1. The van der Waals surface area contributed by atoms with Crippen LogP contribution in [0.4, 0.5) is 4.39 Å². The summed E-state index contributed by atoms with van der Waals surface area (Å²) in [5, 5.41) is 11.7. The number of carbonyl (C=O) groups excluding carboxylic acids is 1. The fourth-order valence-corrected chi connectivity index (χ4v) is 3.32. The van der Waals surface area contributed by atoms with Crippen LogP contribution in [0.5, 0.6) is 0 Å². The summed E-state index contributed by atoms with van der Waals surface area (Å²) >= 11 is 1.42. The number of nitrogens with zero attached hydrogens (tertiary/aromatic N) is 3. The Labute approximate surface area is 138 Å². The van der Waals surface area contributed by atoms with Crippen LogP contribution in [0.25, 0.3) is 0 Å². The number of halogens is 1. The van der Waals surface area contributed by atoms with Crippen molar-refractivity contribution in [1.29, 1.82) is 0 Å². The summed E-state index contributed by atoms with van der Waals surface area (Å²) in [5.41, 5.74) is 0.869. The fourth-order valence-electron chi connectivity index (χ4n) is 2.33. The van der Waals surface area contributed by atoms with Crippen molar-refractivity contribution in [3.8, 4) is 0 Å². The summed E-state index contributed by atoms with van der Waals surface area (Å²) in [6.45, 7) is 4.18. The van der Waals surface area contributed by atoms with Gasteiger partial charge in [0.1, 0.15) is 11.6 Å². The lowest BCUT2D eigenvalue weighted by Crippen LogP contribution is -2.30. The fraction of sp³-hybridized carbons (Fsp3) is 0.438. The Morgan fingerprint density at radius 2 is 2.09 bits per heavy atom. The highest BCUT2D eigenvalue weighted by Crippen LogP contribution is 2.39. The van der Waals surface area contributed by atoms with Gasteiger partial charge in [-0.15, -0.1) is 10.2 Å². The molecule has 1 saturated carbocycles. The van der Waals surface area contributed by atoms with E-state index in [0.29, 0.717) is 12.6 Å². The van der Waals surface area contributed by atoms with Gasteiger partial charge in [-0.3, -0.25) is 4.79 Å². The van der Waals surface area contributed by atoms with Crippen LogP contribution in [0.1, 0.15) is 37.2 Å². The van der Waals surface area contributed by atoms with Crippen molar-refractivity contribution < 1.29 is 9.18 Å². The molecule has 122 valence electrons. The van der Waals surface area contributed by atoms with Crippen molar-refractivity contribution in [3.63, 3.8) is 0 Å². The molecule has 0 saturated heterocycles. The first-order valence-electron chi connectivity index (χ1n) is 7.65. The molecule has 5 nitrogen and oxygen atoms in total. The summed E-state index contributed by atoms with van der Waals surface area (Å²) in [6.07, 6.45) is 2.30. The molecular formula is C16H19FN4OS. The highest BCUT2D eigenvalue weighted by molar-refractivity contribution is 8.00. The maximum absolute atomic E-state index is 12.9. The van der Waals surface area contributed by atoms with Gasteiger partial charge >= 0.3 is 0 Å². The maximum Gasteiger partial charge on any atom is 0.233 e. The van der Waals surface area contributed by atoms with Crippen LogP contribution >= 0.6 is 11.8 Å². The first-order valence-corrected chi connectivity index (χ1v) is 8.53. The Hall–Kier alpha value is -1.89. The molecule has 1 aromatic heterocycles. The lowest BCUT2D eigenvalue weighted by Gasteiger charge is -2.12. The second-order valence-electron chi connectivity index (χ2n) is 5.74. The van der Waals surface area contributed by atoms with Gasteiger partial charge in [-0.1, -0.05) is 23.9 Å². The molecule has 0 unspecified atom stereocenters. The standard InChI is InChI=1S/C16H19FN4OS/c1-10(15(22)18-9-12-3-5-13(17)6-4-12)23-16-20-19-11(2)21(16)14-7-8-14/h3-6,10,14H,7-9H2,1-2H3,(H,18,22)/t10-/m1/s1. The number of aromatic nitrogens is 3. The molecule has 1 fully saturated rings. The van der Waals surface area contributed by atoms with Gasteiger partial charge in [0.05, 0.1) is 5.25 Å². The SMILES string of the molecule is Cc1nnc(S[C@H](C)C(=O)NCc2ccc(F)cc2)n1C1CC1. The molecule has 3 rings (SSSR count). The Morgan fingerprint density at radius 1 is 1.39 bits per heavy atom. The molecule has 1 aliphatic carbocycles. The van der Waals surface area contributed by atoms with Crippen molar-refractivity contribution in [2.24, 2.45) is 0 Å². The first kappa shape index (κ1) is 16.0.